The monoisotopic (exact) mass is 403 g/mol. The van der Waals surface area contributed by atoms with Gasteiger partial charge < -0.3 is 10.6 Å². The van der Waals surface area contributed by atoms with Gasteiger partial charge in [0.15, 0.2) is 5.96 Å². The molecule has 0 radical (unpaired) electrons. The van der Waals surface area contributed by atoms with Crippen molar-refractivity contribution < 1.29 is 4.39 Å². The third kappa shape index (κ3) is 3.87. The highest BCUT2D eigenvalue weighted by molar-refractivity contribution is 14.0. The molecule has 1 aromatic rings. The van der Waals surface area contributed by atoms with Gasteiger partial charge in [0.25, 0.3) is 0 Å². The summed E-state index contributed by atoms with van der Waals surface area (Å²) in [5.74, 6) is 1.40. The van der Waals surface area contributed by atoms with Crippen LogP contribution in [-0.2, 0) is 0 Å². The second-order valence-electron chi connectivity index (χ2n) is 6.11. The van der Waals surface area contributed by atoms with E-state index in [1.54, 1.807) is 6.07 Å². The van der Waals surface area contributed by atoms with Gasteiger partial charge in [0, 0.05) is 19.0 Å². The van der Waals surface area contributed by atoms with E-state index in [-0.39, 0.29) is 41.8 Å². The summed E-state index contributed by atoms with van der Waals surface area (Å²) >= 11 is 0. The van der Waals surface area contributed by atoms with Gasteiger partial charge in [0.05, 0.1) is 6.04 Å². The number of benzene rings is 1. The van der Waals surface area contributed by atoms with Gasteiger partial charge in [-0.1, -0.05) is 25.1 Å². The van der Waals surface area contributed by atoms with Gasteiger partial charge in [0.1, 0.15) is 5.82 Å². The smallest absolute Gasteiger partial charge is 0.191 e. The average molecular weight is 403 g/mol. The Morgan fingerprint density at radius 2 is 2.14 bits per heavy atom. The number of nitrogens with two attached hydrogens (primary N) is 1. The first-order valence-corrected chi connectivity index (χ1v) is 7.48. The van der Waals surface area contributed by atoms with Crippen LogP contribution in [0.15, 0.2) is 29.3 Å². The van der Waals surface area contributed by atoms with Gasteiger partial charge in [-0.05, 0) is 36.8 Å². The highest BCUT2D eigenvalue weighted by Crippen LogP contribution is 2.44. The molecule has 2 N–H and O–H groups in total. The Balaban J connectivity index is 0.00000161. The summed E-state index contributed by atoms with van der Waals surface area (Å²) in [5, 5.41) is 0. The molecule has 3 unspecified atom stereocenters. The maximum Gasteiger partial charge on any atom is 0.191 e. The number of hydrogen-bond donors (Lipinski definition) is 1. The second-order valence-corrected chi connectivity index (χ2v) is 6.11. The third-order valence-corrected chi connectivity index (χ3v) is 4.34. The predicted octanol–water partition coefficient (Wildman–Crippen LogP) is 3.35. The van der Waals surface area contributed by atoms with Gasteiger partial charge in [-0.2, -0.15) is 0 Å². The zero-order valence-electron chi connectivity index (χ0n) is 12.3. The molecule has 1 saturated heterocycles. The maximum absolute atomic E-state index is 13.7. The SMILES string of the molecule is CC1CCCN(C(N)=NC2CC2c2ccccc2F)C1.I. The van der Waals surface area contributed by atoms with Crippen molar-refractivity contribution in [1.82, 2.24) is 4.90 Å². The number of nitrogens with zero attached hydrogens (tertiary/aromatic N) is 2. The lowest BCUT2D eigenvalue weighted by Gasteiger charge is -2.31. The van der Waals surface area contributed by atoms with Crippen molar-refractivity contribution in [3.63, 3.8) is 0 Å². The van der Waals surface area contributed by atoms with Gasteiger partial charge in [-0.15, -0.1) is 24.0 Å². The number of aliphatic imine (C=N–C) groups is 1. The molecule has 0 bridgehead atoms. The summed E-state index contributed by atoms with van der Waals surface area (Å²) in [6.07, 6.45) is 3.36. The van der Waals surface area contributed by atoms with Crippen LogP contribution in [0.4, 0.5) is 4.39 Å². The fourth-order valence-corrected chi connectivity index (χ4v) is 3.08. The zero-order valence-corrected chi connectivity index (χ0v) is 14.7. The van der Waals surface area contributed by atoms with Crippen molar-refractivity contribution in [2.75, 3.05) is 13.1 Å². The Bertz CT molecular complexity index is 520. The van der Waals surface area contributed by atoms with Crippen LogP contribution in [0, 0.1) is 11.7 Å². The molecule has 1 aromatic carbocycles. The first kappa shape index (κ1) is 16.5. The van der Waals surface area contributed by atoms with E-state index in [1.165, 1.54) is 18.9 Å². The highest BCUT2D eigenvalue weighted by Gasteiger charge is 2.40. The van der Waals surface area contributed by atoms with Crippen LogP contribution in [0.2, 0.25) is 0 Å². The van der Waals surface area contributed by atoms with Crippen LogP contribution < -0.4 is 5.73 Å². The number of likely N-dealkylation sites (tertiary alicyclic amines) is 1. The number of rotatable bonds is 2. The molecular weight excluding hydrogens is 380 g/mol. The summed E-state index contributed by atoms with van der Waals surface area (Å²) in [4.78, 5) is 6.77. The van der Waals surface area contributed by atoms with Gasteiger partial charge in [-0.25, -0.2) is 9.38 Å². The van der Waals surface area contributed by atoms with E-state index in [1.807, 2.05) is 12.1 Å². The fourth-order valence-electron chi connectivity index (χ4n) is 3.08. The first-order chi connectivity index (χ1) is 9.65. The molecule has 1 saturated carbocycles. The standard InChI is InChI=1S/C16H22FN3.HI/c1-11-5-4-8-20(10-11)16(18)19-15-9-13(15)12-6-2-3-7-14(12)17;/h2-3,6-7,11,13,15H,4-5,8-10H2,1H3,(H2,18,19);1H. The minimum Gasteiger partial charge on any atom is -0.370 e. The van der Waals surface area contributed by atoms with Crippen molar-refractivity contribution >= 4 is 29.9 Å². The summed E-state index contributed by atoms with van der Waals surface area (Å²) in [6, 6.07) is 7.14. The molecule has 3 rings (SSSR count). The Hall–Kier alpha value is -0.850. The summed E-state index contributed by atoms with van der Waals surface area (Å²) in [5.41, 5.74) is 6.89. The molecule has 5 heteroatoms. The molecular formula is C16H23FIN3. The molecule has 0 aromatic heterocycles. The van der Waals surface area contributed by atoms with E-state index in [0.29, 0.717) is 11.9 Å². The van der Waals surface area contributed by atoms with Gasteiger partial charge in [-0.3, -0.25) is 0 Å². The molecule has 3 nitrogen and oxygen atoms in total. The summed E-state index contributed by atoms with van der Waals surface area (Å²) in [6.45, 7) is 4.24. The predicted molar refractivity (Wildman–Crippen MR) is 94.6 cm³/mol. The van der Waals surface area contributed by atoms with Crippen molar-refractivity contribution in [2.45, 2.75) is 38.1 Å². The fraction of sp³-hybridized carbons (Fsp3) is 0.562. The first-order valence-electron chi connectivity index (χ1n) is 7.48. The summed E-state index contributed by atoms with van der Waals surface area (Å²) < 4.78 is 13.7. The van der Waals surface area contributed by atoms with Crippen molar-refractivity contribution in [3.8, 4) is 0 Å². The average Bonchev–Trinajstić information content (AvgIpc) is 3.18. The topological polar surface area (TPSA) is 41.6 Å². The van der Waals surface area contributed by atoms with Crippen molar-refractivity contribution in [3.05, 3.63) is 35.6 Å². The molecule has 1 aliphatic carbocycles. The second kappa shape index (κ2) is 6.94. The minimum absolute atomic E-state index is 0. The van der Waals surface area contributed by atoms with Crippen LogP contribution in [0.5, 0.6) is 0 Å². The van der Waals surface area contributed by atoms with E-state index in [2.05, 4.69) is 16.8 Å². The van der Waals surface area contributed by atoms with Crippen LogP contribution in [0.3, 0.4) is 0 Å². The van der Waals surface area contributed by atoms with Crippen LogP contribution >= 0.6 is 24.0 Å². The number of hydrogen-bond acceptors (Lipinski definition) is 1. The third-order valence-electron chi connectivity index (χ3n) is 4.34. The highest BCUT2D eigenvalue weighted by atomic mass is 127. The largest absolute Gasteiger partial charge is 0.370 e. The lowest BCUT2D eigenvalue weighted by atomic mass is 10.0. The molecule has 21 heavy (non-hydrogen) atoms. The Morgan fingerprint density at radius 1 is 1.38 bits per heavy atom. The Labute approximate surface area is 142 Å². The molecule has 2 aliphatic rings. The molecule has 1 aliphatic heterocycles. The summed E-state index contributed by atoms with van der Waals surface area (Å²) in [7, 11) is 0. The maximum atomic E-state index is 13.7. The number of guanidine groups is 1. The van der Waals surface area contributed by atoms with E-state index < -0.39 is 0 Å². The van der Waals surface area contributed by atoms with Crippen molar-refractivity contribution in [2.24, 2.45) is 16.6 Å². The Morgan fingerprint density at radius 3 is 2.86 bits per heavy atom. The van der Waals surface area contributed by atoms with Crippen LogP contribution in [0.25, 0.3) is 0 Å². The lowest BCUT2D eigenvalue weighted by molar-refractivity contribution is 0.270. The van der Waals surface area contributed by atoms with Crippen molar-refractivity contribution in [1.29, 1.82) is 0 Å². The van der Waals surface area contributed by atoms with Crippen LogP contribution in [-0.4, -0.2) is 30.0 Å². The molecule has 3 atom stereocenters. The normalized spacial score (nSPS) is 29.0. The number of piperidine rings is 1. The van der Waals surface area contributed by atoms with Gasteiger partial charge in [0.2, 0.25) is 0 Å². The van der Waals surface area contributed by atoms with E-state index in [0.717, 1.165) is 25.1 Å². The molecule has 2 fully saturated rings. The molecule has 0 spiro atoms. The zero-order chi connectivity index (χ0) is 14.1. The molecule has 1 heterocycles. The Kier molecular flexibility index (Phi) is 5.46. The van der Waals surface area contributed by atoms with E-state index in [4.69, 9.17) is 5.73 Å². The van der Waals surface area contributed by atoms with Crippen LogP contribution in [0.1, 0.15) is 37.7 Å². The van der Waals surface area contributed by atoms with E-state index >= 15 is 0 Å². The lowest BCUT2D eigenvalue weighted by Crippen LogP contribution is -2.43. The molecule has 0 amide bonds. The van der Waals surface area contributed by atoms with E-state index in [9.17, 15) is 4.39 Å². The minimum atomic E-state index is -0.125. The number of halogens is 2. The van der Waals surface area contributed by atoms with Gasteiger partial charge >= 0.3 is 0 Å². The molecule has 116 valence electrons. The quantitative estimate of drug-likeness (QED) is 0.468.